The van der Waals surface area contributed by atoms with E-state index in [1.165, 1.54) is 11.1 Å². The van der Waals surface area contributed by atoms with Gasteiger partial charge in [0.05, 0.1) is 12.1 Å². The molecule has 1 unspecified atom stereocenters. The molecule has 0 N–H and O–H groups in total. The van der Waals surface area contributed by atoms with Crippen molar-refractivity contribution in [1.29, 1.82) is 0 Å². The Balaban J connectivity index is 1.89. The minimum absolute atomic E-state index is 0.0304. The van der Waals surface area contributed by atoms with E-state index in [0.29, 0.717) is 6.61 Å². The molecule has 2 heteroatoms. The van der Waals surface area contributed by atoms with Crippen LogP contribution in [0.5, 0.6) is 0 Å². The Hall–Kier alpha value is -2.19. The molecule has 2 heterocycles. The number of hydrogen-bond acceptors (Lipinski definition) is 2. The highest BCUT2D eigenvalue weighted by molar-refractivity contribution is 5.79. The Morgan fingerprint density at radius 2 is 1.68 bits per heavy atom. The Morgan fingerprint density at radius 3 is 2.52 bits per heavy atom. The second-order valence-corrected chi connectivity index (χ2v) is 8.25. The lowest BCUT2D eigenvalue weighted by molar-refractivity contribution is 0.00574. The van der Waals surface area contributed by atoms with Crippen LogP contribution in [-0.2, 0) is 10.2 Å². The van der Waals surface area contributed by atoms with Crippen molar-refractivity contribution in [2.24, 2.45) is 5.41 Å². The molecule has 0 fully saturated rings. The van der Waals surface area contributed by atoms with Crippen LogP contribution in [0.25, 0.3) is 10.9 Å². The smallest absolute Gasteiger partial charge is 0.109 e. The Labute approximate surface area is 149 Å². The SMILES string of the molecule is CC1(C)COC(c2cnc3ccccc3c2)c2ccccc2C1(C)C. The summed E-state index contributed by atoms with van der Waals surface area (Å²) < 4.78 is 6.48. The maximum Gasteiger partial charge on any atom is 0.109 e. The molecule has 0 bridgehead atoms. The number of aromatic nitrogens is 1. The summed E-state index contributed by atoms with van der Waals surface area (Å²) in [5.74, 6) is 0. The van der Waals surface area contributed by atoms with Crippen LogP contribution in [0.1, 0.15) is 50.5 Å². The van der Waals surface area contributed by atoms with Crippen LogP contribution in [0.2, 0.25) is 0 Å². The lowest BCUT2D eigenvalue weighted by atomic mass is 9.64. The third kappa shape index (κ3) is 2.56. The number of fused-ring (bicyclic) bond motifs is 2. The number of pyridine rings is 1. The molecular weight excluding hydrogens is 306 g/mol. The predicted octanol–water partition coefficient (Wildman–Crippen LogP) is 5.66. The number of nitrogens with zero attached hydrogens (tertiary/aromatic N) is 1. The molecule has 2 nitrogen and oxygen atoms in total. The fourth-order valence-electron chi connectivity index (χ4n) is 3.73. The van der Waals surface area contributed by atoms with E-state index in [4.69, 9.17) is 4.74 Å². The van der Waals surface area contributed by atoms with Crippen molar-refractivity contribution in [3.63, 3.8) is 0 Å². The summed E-state index contributed by atoms with van der Waals surface area (Å²) in [5.41, 5.74) is 4.85. The summed E-state index contributed by atoms with van der Waals surface area (Å²) in [6, 6.07) is 19.2. The molecule has 1 atom stereocenters. The highest BCUT2D eigenvalue weighted by Gasteiger charge is 2.43. The lowest BCUT2D eigenvalue weighted by Gasteiger charge is -2.40. The minimum atomic E-state index is -0.0747. The van der Waals surface area contributed by atoms with Crippen molar-refractivity contribution in [1.82, 2.24) is 4.98 Å². The van der Waals surface area contributed by atoms with Crippen molar-refractivity contribution in [2.45, 2.75) is 39.2 Å². The van der Waals surface area contributed by atoms with Gasteiger partial charge in [0.25, 0.3) is 0 Å². The van der Waals surface area contributed by atoms with Gasteiger partial charge in [-0.2, -0.15) is 0 Å². The minimum Gasteiger partial charge on any atom is -0.368 e. The van der Waals surface area contributed by atoms with Gasteiger partial charge in [0.15, 0.2) is 0 Å². The topological polar surface area (TPSA) is 22.1 Å². The summed E-state index contributed by atoms with van der Waals surface area (Å²) in [4.78, 5) is 4.65. The van der Waals surface area contributed by atoms with Gasteiger partial charge >= 0.3 is 0 Å². The van der Waals surface area contributed by atoms with E-state index in [9.17, 15) is 0 Å². The lowest BCUT2D eigenvalue weighted by Crippen LogP contribution is -2.39. The first-order chi connectivity index (χ1) is 11.9. The average Bonchev–Trinajstić information content (AvgIpc) is 2.68. The highest BCUT2D eigenvalue weighted by Crippen LogP contribution is 2.48. The summed E-state index contributed by atoms with van der Waals surface area (Å²) in [5, 5.41) is 1.16. The summed E-state index contributed by atoms with van der Waals surface area (Å²) in [6.45, 7) is 9.97. The van der Waals surface area contributed by atoms with Crippen LogP contribution in [0.4, 0.5) is 0 Å². The Bertz CT molecular complexity index is 926. The van der Waals surface area contributed by atoms with Crippen molar-refractivity contribution in [3.8, 4) is 0 Å². The molecule has 1 aromatic heterocycles. The monoisotopic (exact) mass is 331 g/mol. The molecule has 25 heavy (non-hydrogen) atoms. The van der Waals surface area contributed by atoms with Gasteiger partial charge in [-0.15, -0.1) is 0 Å². The van der Waals surface area contributed by atoms with Crippen molar-refractivity contribution >= 4 is 10.9 Å². The van der Waals surface area contributed by atoms with Crippen LogP contribution in [0.3, 0.4) is 0 Å². The van der Waals surface area contributed by atoms with E-state index in [0.717, 1.165) is 16.5 Å². The van der Waals surface area contributed by atoms with Crippen molar-refractivity contribution < 1.29 is 4.74 Å². The Kier molecular flexibility index (Phi) is 3.69. The molecule has 1 aliphatic heterocycles. The van der Waals surface area contributed by atoms with Crippen molar-refractivity contribution in [2.75, 3.05) is 6.61 Å². The van der Waals surface area contributed by atoms with Crippen LogP contribution in [-0.4, -0.2) is 11.6 Å². The van der Waals surface area contributed by atoms with Crippen molar-refractivity contribution in [3.05, 3.63) is 77.5 Å². The number of ether oxygens (including phenoxy) is 1. The second kappa shape index (κ2) is 5.67. The fraction of sp³-hybridized carbons (Fsp3) is 0.348. The van der Waals surface area contributed by atoms with Crippen LogP contribution >= 0.6 is 0 Å². The van der Waals surface area contributed by atoms with E-state index in [1.54, 1.807) is 0 Å². The van der Waals surface area contributed by atoms with Gasteiger partial charge in [0.2, 0.25) is 0 Å². The summed E-state index contributed by atoms with van der Waals surface area (Å²) in [6.07, 6.45) is 1.89. The molecule has 0 saturated heterocycles. The first-order valence-corrected chi connectivity index (χ1v) is 8.96. The summed E-state index contributed by atoms with van der Waals surface area (Å²) in [7, 11) is 0. The van der Waals surface area contributed by atoms with Crippen LogP contribution in [0, 0.1) is 5.41 Å². The zero-order valence-corrected chi connectivity index (χ0v) is 15.4. The highest BCUT2D eigenvalue weighted by atomic mass is 16.5. The largest absolute Gasteiger partial charge is 0.368 e. The third-order valence-electron chi connectivity index (χ3n) is 6.13. The van der Waals surface area contributed by atoms with E-state index in [-0.39, 0.29) is 16.9 Å². The number of hydrogen-bond donors (Lipinski definition) is 0. The molecule has 128 valence electrons. The maximum atomic E-state index is 6.48. The molecule has 2 aromatic carbocycles. The third-order valence-corrected chi connectivity index (χ3v) is 6.13. The first-order valence-electron chi connectivity index (χ1n) is 8.96. The zero-order chi connectivity index (χ0) is 17.7. The Morgan fingerprint density at radius 1 is 0.960 bits per heavy atom. The predicted molar refractivity (Wildman–Crippen MR) is 103 cm³/mol. The molecule has 3 aromatic rings. The zero-order valence-electron chi connectivity index (χ0n) is 15.4. The van der Waals surface area contributed by atoms with E-state index in [2.05, 4.69) is 75.1 Å². The molecule has 0 radical (unpaired) electrons. The summed E-state index contributed by atoms with van der Waals surface area (Å²) >= 11 is 0. The van der Waals surface area contributed by atoms with Crippen LogP contribution < -0.4 is 0 Å². The molecule has 0 aliphatic carbocycles. The average molecular weight is 331 g/mol. The maximum absolute atomic E-state index is 6.48. The molecule has 1 aliphatic rings. The number of para-hydroxylation sites is 1. The van der Waals surface area contributed by atoms with E-state index < -0.39 is 0 Å². The molecule has 0 spiro atoms. The number of benzene rings is 2. The quantitative estimate of drug-likeness (QED) is 0.574. The van der Waals surface area contributed by atoms with Gasteiger partial charge in [-0.25, -0.2) is 0 Å². The van der Waals surface area contributed by atoms with Gasteiger partial charge in [-0.3, -0.25) is 4.98 Å². The first kappa shape index (κ1) is 16.3. The fourth-order valence-corrected chi connectivity index (χ4v) is 3.73. The van der Waals surface area contributed by atoms with Gasteiger partial charge in [-0.1, -0.05) is 70.2 Å². The van der Waals surface area contributed by atoms with Crippen LogP contribution in [0.15, 0.2) is 60.8 Å². The molecule has 0 amide bonds. The molecule has 4 rings (SSSR count). The van der Waals surface area contributed by atoms with Gasteiger partial charge in [0.1, 0.15) is 6.10 Å². The van der Waals surface area contributed by atoms with Gasteiger partial charge in [-0.05, 0) is 34.1 Å². The van der Waals surface area contributed by atoms with E-state index in [1.807, 2.05) is 18.3 Å². The van der Waals surface area contributed by atoms with Gasteiger partial charge < -0.3 is 4.74 Å². The molecular formula is C23H25NO. The van der Waals surface area contributed by atoms with Gasteiger partial charge in [0, 0.05) is 17.1 Å². The normalized spacial score (nSPS) is 21.5. The number of rotatable bonds is 1. The van der Waals surface area contributed by atoms with E-state index >= 15 is 0 Å². The molecule has 0 saturated carbocycles. The second-order valence-electron chi connectivity index (χ2n) is 8.25. The standard InChI is InChI=1S/C23H25NO/c1-22(2)15-25-21(18-10-6-7-11-19(18)23(22,3)4)17-13-16-9-5-8-12-20(16)24-14-17/h5-14,21H,15H2,1-4H3.